The molecule has 98 valence electrons. The Labute approximate surface area is 108 Å². The molecule has 2 heterocycles. The molecule has 2 atom stereocenters. The van der Waals surface area contributed by atoms with Crippen LogP contribution < -0.4 is 5.32 Å². The van der Waals surface area contributed by atoms with Crippen LogP contribution in [0.5, 0.6) is 0 Å². The van der Waals surface area contributed by atoms with Crippen LogP contribution in [0, 0.1) is 20.8 Å². The van der Waals surface area contributed by atoms with Gasteiger partial charge in [0.2, 0.25) is 0 Å². The molecule has 3 heteroatoms. The van der Waals surface area contributed by atoms with Gasteiger partial charge in [-0.2, -0.15) is 0 Å². The summed E-state index contributed by atoms with van der Waals surface area (Å²) in [5.74, 6) is 3.85. The molecule has 0 bridgehead atoms. The third kappa shape index (κ3) is 2.67. The maximum atomic E-state index is 5.63. The zero-order chi connectivity index (χ0) is 13.3. The first-order valence-electron chi connectivity index (χ1n) is 6.36. The molecule has 0 aliphatic carbocycles. The highest BCUT2D eigenvalue weighted by molar-refractivity contribution is 5.24. The van der Waals surface area contributed by atoms with Crippen molar-refractivity contribution in [3.8, 4) is 0 Å². The third-order valence-corrected chi connectivity index (χ3v) is 3.23. The highest BCUT2D eigenvalue weighted by Crippen LogP contribution is 2.25. The standard InChI is InChI=1S/C15H21NO2/c1-9-6-7-15(18-9)12(4)16-11(3)14-8-10(2)17-13(14)5/h6-8,11-12,16H,1-5H3. The molecule has 1 N–H and O–H groups in total. The molecule has 0 radical (unpaired) electrons. The van der Waals surface area contributed by atoms with Crippen LogP contribution in [0.1, 0.15) is 54.5 Å². The predicted molar refractivity (Wildman–Crippen MR) is 71.6 cm³/mol. The summed E-state index contributed by atoms with van der Waals surface area (Å²) in [7, 11) is 0. The van der Waals surface area contributed by atoms with Crippen LogP contribution in [0.3, 0.4) is 0 Å². The van der Waals surface area contributed by atoms with Crippen molar-refractivity contribution in [3.63, 3.8) is 0 Å². The van der Waals surface area contributed by atoms with Gasteiger partial charge >= 0.3 is 0 Å². The van der Waals surface area contributed by atoms with Gasteiger partial charge in [0.25, 0.3) is 0 Å². The molecule has 0 aliphatic heterocycles. The lowest BCUT2D eigenvalue weighted by Crippen LogP contribution is -2.22. The second kappa shape index (κ2) is 5.02. The Morgan fingerprint density at radius 3 is 2.17 bits per heavy atom. The van der Waals surface area contributed by atoms with E-state index in [0.29, 0.717) is 0 Å². The summed E-state index contributed by atoms with van der Waals surface area (Å²) in [6, 6.07) is 6.53. The van der Waals surface area contributed by atoms with E-state index in [2.05, 4.69) is 25.2 Å². The van der Waals surface area contributed by atoms with E-state index in [0.717, 1.165) is 23.0 Å². The first-order chi connectivity index (χ1) is 8.47. The molecule has 2 aromatic heterocycles. The van der Waals surface area contributed by atoms with Crippen LogP contribution in [0.25, 0.3) is 0 Å². The quantitative estimate of drug-likeness (QED) is 0.879. The van der Waals surface area contributed by atoms with Crippen LogP contribution in [0.4, 0.5) is 0 Å². The Bertz CT molecular complexity index is 524. The molecule has 2 rings (SSSR count). The van der Waals surface area contributed by atoms with Crippen molar-refractivity contribution in [2.75, 3.05) is 0 Å². The van der Waals surface area contributed by atoms with Crippen molar-refractivity contribution in [2.45, 2.75) is 46.7 Å². The lowest BCUT2D eigenvalue weighted by atomic mass is 10.1. The molecule has 0 saturated heterocycles. The minimum Gasteiger partial charge on any atom is -0.466 e. The summed E-state index contributed by atoms with van der Waals surface area (Å²) in [6.45, 7) is 10.2. The van der Waals surface area contributed by atoms with Gasteiger partial charge < -0.3 is 14.2 Å². The fraction of sp³-hybridized carbons (Fsp3) is 0.467. The van der Waals surface area contributed by atoms with E-state index in [4.69, 9.17) is 8.83 Å². The summed E-state index contributed by atoms with van der Waals surface area (Å²) >= 11 is 0. The van der Waals surface area contributed by atoms with Gasteiger partial charge in [-0.1, -0.05) is 0 Å². The number of rotatable bonds is 4. The zero-order valence-electron chi connectivity index (χ0n) is 11.7. The fourth-order valence-corrected chi connectivity index (χ4v) is 2.31. The van der Waals surface area contributed by atoms with E-state index >= 15 is 0 Å². The Hall–Kier alpha value is -1.48. The van der Waals surface area contributed by atoms with Crippen molar-refractivity contribution < 1.29 is 8.83 Å². The largest absolute Gasteiger partial charge is 0.466 e. The van der Waals surface area contributed by atoms with Gasteiger partial charge in [-0.05, 0) is 52.8 Å². The summed E-state index contributed by atoms with van der Waals surface area (Å²) in [5.41, 5.74) is 1.21. The van der Waals surface area contributed by atoms with Crippen molar-refractivity contribution >= 4 is 0 Å². The van der Waals surface area contributed by atoms with Crippen molar-refractivity contribution in [1.82, 2.24) is 5.32 Å². The van der Waals surface area contributed by atoms with Gasteiger partial charge in [-0.3, -0.25) is 0 Å². The van der Waals surface area contributed by atoms with Gasteiger partial charge in [0, 0.05) is 11.6 Å². The second-order valence-corrected chi connectivity index (χ2v) is 4.93. The van der Waals surface area contributed by atoms with E-state index < -0.39 is 0 Å². The topological polar surface area (TPSA) is 38.3 Å². The first-order valence-corrected chi connectivity index (χ1v) is 6.36. The summed E-state index contributed by atoms with van der Waals surface area (Å²) in [5, 5.41) is 3.53. The molecular weight excluding hydrogens is 226 g/mol. The second-order valence-electron chi connectivity index (χ2n) is 4.93. The van der Waals surface area contributed by atoms with Crippen molar-refractivity contribution in [1.29, 1.82) is 0 Å². The van der Waals surface area contributed by atoms with Gasteiger partial charge in [0.05, 0.1) is 6.04 Å². The molecule has 0 fully saturated rings. The first kappa shape index (κ1) is 13.0. The number of aryl methyl sites for hydroxylation is 3. The molecule has 0 spiro atoms. The average Bonchev–Trinajstić information content (AvgIpc) is 2.84. The molecule has 0 saturated carbocycles. The normalized spacial score (nSPS) is 14.7. The summed E-state index contributed by atoms with van der Waals surface area (Å²) in [6.07, 6.45) is 0. The van der Waals surface area contributed by atoms with E-state index in [1.165, 1.54) is 5.56 Å². The van der Waals surface area contributed by atoms with E-state index in [1.54, 1.807) is 0 Å². The molecule has 2 unspecified atom stereocenters. The maximum absolute atomic E-state index is 5.63. The zero-order valence-corrected chi connectivity index (χ0v) is 11.7. The number of hydrogen-bond donors (Lipinski definition) is 1. The minimum absolute atomic E-state index is 0.184. The molecule has 0 amide bonds. The smallest absolute Gasteiger partial charge is 0.120 e. The van der Waals surface area contributed by atoms with Crippen molar-refractivity contribution in [2.24, 2.45) is 0 Å². The summed E-state index contributed by atoms with van der Waals surface area (Å²) in [4.78, 5) is 0. The van der Waals surface area contributed by atoms with E-state index in [9.17, 15) is 0 Å². The highest BCUT2D eigenvalue weighted by Gasteiger charge is 2.17. The lowest BCUT2D eigenvalue weighted by molar-refractivity contribution is 0.389. The highest BCUT2D eigenvalue weighted by atomic mass is 16.3. The number of furan rings is 2. The van der Waals surface area contributed by atoms with Gasteiger partial charge in [0.1, 0.15) is 23.0 Å². The molecular formula is C15H21NO2. The van der Waals surface area contributed by atoms with Crippen LogP contribution in [0.2, 0.25) is 0 Å². The number of nitrogens with one attached hydrogen (secondary N) is 1. The van der Waals surface area contributed by atoms with Crippen molar-refractivity contribution in [3.05, 3.63) is 46.8 Å². The monoisotopic (exact) mass is 247 g/mol. The SMILES string of the molecule is Cc1ccc(C(C)NC(C)c2cc(C)oc2C)o1. The summed E-state index contributed by atoms with van der Waals surface area (Å²) < 4.78 is 11.2. The Morgan fingerprint density at radius 2 is 1.67 bits per heavy atom. The minimum atomic E-state index is 0.184. The van der Waals surface area contributed by atoms with E-state index in [-0.39, 0.29) is 12.1 Å². The predicted octanol–water partition coefficient (Wildman–Crippen LogP) is 4.21. The molecule has 0 aliphatic rings. The molecule has 0 aromatic carbocycles. The molecule has 18 heavy (non-hydrogen) atoms. The van der Waals surface area contributed by atoms with Crippen LogP contribution in [-0.4, -0.2) is 0 Å². The fourth-order valence-electron chi connectivity index (χ4n) is 2.31. The van der Waals surface area contributed by atoms with Crippen LogP contribution >= 0.6 is 0 Å². The number of hydrogen-bond acceptors (Lipinski definition) is 3. The Morgan fingerprint density at radius 1 is 0.944 bits per heavy atom. The third-order valence-electron chi connectivity index (χ3n) is 3.23. The average molecular weight is 247 g/mol. The maximum Gasteiger partial charge on any atom is 0.120 e. The van der Waals surface area contributed by atoms with Gasteiger partial charge in [-0.15, -0.1) is 0 Å². The molecule has 3 nitrogen and oxygen atoms in total. The van der Waals surface area contributed by atoms with Gasteiger partial charge in [-0.25, -0.2) is 0 Å². The lowest BCUT2D eigenvalue weighted by Gasteiger charge is -2.18. The van der Waals surface area contributed by atoms with Gasteiger partial charge in [0.15, 0.2) is 0 Å². The van der Waals surface area contributed by atoms with E-state index in [1.807, 2.05) is 32.9 Å². The Kier molecular flexibility index (Phi) is 3.62. The molecule has 2 aromatic rings. The van der Waals surface area contributed by atoms with Crippen LogP contribution in [0.15, 0.2) is 27.0 Å². The Balaban J connectivity index is 2.07. The van der Waals surface area contributed by atoms with Crippen LogP contribution in [-0.2, 0) is 0 Å².